The highest BCUT2D eigenvalue weighted by Gasteiger charge is 2.15. The van der Waals surface area contributed by atoms with Crippen molar-refractivity contribution in [2.24, 2.45) is 0 Å². The van der Waals surface area contributed by atoms with Crippen LogP contribution >= 0.6 is 0 Å². The summed E-state index contributed by atoms with van der Waals surface area (Å²) in [6, 6.07) is 30.4. The summed E-state index contributed by atoms with van der Waals surface area (Å²) in [6.45, 7) is 5.64. The molecule has 206 valence electrons. The third kappa shape index (κ3) is 4.51. The van der Waals surface area contributed by atoms with Crippen molar-refractivity contribution >= 4 is 21.8 Å². The average Bonchev–Trinajstić information content (AvgIpc) is 3.60. The molecule has 42 heavy (non-hydrogen) atoms. The molecule has 0 N–H and O–H groups in total. The zero-order valence-electron chi connectivity index (χ0n) is 23.7. The maximum Gasteiger partial charge on any atom is 0.137 e. The summed E-state index contributed by atoms with van der Waals surface area (Å²) in [6.07, 6.45) is 5.70. The summed E-state index contributed by atoms with van der Waals surface area (Å²) in [5.74, 6) is 2.32. The van der Waals surface area contributed by atoms with Crippen molar-refractivity contribution < 1.29 is 9.13 Å². The lowest BCUT2D eigenvalue weighted by atomic mass is 9.96. The molecule has 4 aromatic carbocycles. The van der Waals surface area contributed by atoms with Gasteiger partial charge in [0.15, 0.2) is 0 Å². The van der Waals surface area contributed by atoms with E-state index in [1.807, 2.05) is 85.7 Å². The van der Waals surface area contributed by atoms with Gasteiger partial charge in [0.1, 0.15) is 24.0 Å². The minimum absolute atomic E-state index is 0.466. The quantitative estimate of drug-likeness (QED) is 0.207. The van der Waals surface area contributed by atoms with Crippen molar-refractivity contribution in [2.45, 2.75) is 27.4 Å². The first kappa shape index (κ1) is 25.7. The Kier molecular flexibility index (Phi) is 6.31. The summed E-state index contributed by atoms with van der Waals surface area (Å²) < 4.78 is 23.7. The molecule has 0 radical (unpaired) electrons. The molecule has 0 unspecified atom stereocenters. The van der Waals surface area contributed by atoms with Crippen LogP contribution in [0.2, 0.25) is 0 Å². The molecule has 0 atom stereocenters. The molecule has 0 saturated carbocycles. The summed E-state index contributed by atoms with van der Waals surface area (Å²) in [5, 5.41) is 6.94. The van der Waals surface area contributed by atoms with Gasteiger partial charge in [-0.1, -0.05) is 36.4 Å². The molecule has 7 aromatic rings. The van der Waals surface area contributed by atoms with Crippen LogP contribution in [0.25, 0.3) is 44.4 Å². The van der Waals surface area contributed by atoms with Crippen LogP contribution in [0, 0.1) is 20.8 Å². The molecule has 3 heterocycles. The second kappa shape index (κ2) is 10.3. The molecule has 7 rings (SSSR count). The predicted octanol–water partition coefficient (Wildman–Crippen LogP) is 9.22. The maximum atomic E-state index is 13.2. The minimum Gasteiger partial charge on any atom is -0.457 e. The first-order chi connectivity index (χ1) is 20.5. The Labute approximate surface area is 243 Å². The number of alkyl halides is 1. The van der Waals surface area contributed by atoms with E-state index in [9.17, 15) is 4.39 Å². The number of fused-ring (bicyclic) bond motifs is 3. The van der Waals surface area contributed by atoms with Crippen molar-refractivity contribution in [3.8, 4) is 34.1 Å². The largest absolute Gasteiger partial charge is 0.457 e. The Morgan fingerprint density at radius 1 is 0.762 bits per heavy atom. The number of ether oxygens (including phenoxy) is 1. The maximum absolute atomic E-state index is 13.2. The van der Waals surface area contributed by atoms with Crippen molar-refractivity contribution in [3.63, 3.8) is 0 Å². The number of hydrogen-bond donors (Lipinski definition) is 0. The van der Waals surface area contributed by atoms with E-state index in [1.165, 1.54) is 5.39 Å². The summed E-state index contributed by atoms with van der Waals surface area (Å²) in [7, 11) is 0. The van der Waals surface area contributed by atoms with Gasteiger partial charge in [-0.05, 0) is 91.1 Å². The van der Waals surface area contributed by atoms with Gasteiger partial charge in [0.25, 0.3) is 0 Å². The van der Waals surface area contributed by atoms with Gasteiger partial charge >= 0.3 is 0 Å². The highest BCUT2D eigenvalue weighted by Crippen LogP contribution is 2.35. The second-order valence-corrected chi connectivity index (χ2v) is 10.7. The summed E-state index contributed by atoms with van der Waals surface area (Å²) in [4.78, 5) is 4.68. The average molecular weight is 553 g/mol. The van der Waals surface area contributed by atoms with Gasteiger partial charge in [-0.25, -0.2) is 14.1 Å². The van der Waals surface area contributed by atoms with E-state index < -0.39 is 6.67 Å². The van der Waals surface area contributed by atoms with Crippen molar-refractivity contribution in [1.82, 2.24) is 19.3 Å². The van der Waals surface area contributed by atoms with E-state index in [2.05, 4.69) is 64.0 Å². The Bertz CT molecular complexity index is 2080. The van der Waals surface area contributed by atoms with Crippen molar-refractivity contribution in [1.29, 1.82) is 0 Å². The van der Waals surface area contributed by atoms with E-state index in [4.69, 9.17) is 4.74 Å². The number of pyridine rings is 1. The van der Waals surface area contributed by atoms with E-state index in [0.29, 0.717) is 11.3 Å². The van der Waals surface area contributed by atoms with Crippen LogP contribution in [-0.2, 0) is 6.67 Å². The molecular weight excluding hydrogens is 523 g/mol. The van der Waals surface area contributed by atoms with Gasteiger partial charge < -0.3 is 4.74 Å². The molecule has 3 aromatic heterocycles. The molecule has 0 saturated heterocycles. The molecule has 0 bridgehead atoms. The zero-order chi connectivity index (χ0) is 28.8. The third-order valence-electron chi connectivity index (χ3n) is 7.71. The van der Waals surface area contributed by atoms with Gasteiger partial charge in [0.2, 0.25) is 0 Å². The lowest BCUT2D eigenvalue weighted by Crippen LogP contribution is -1.97. The van der Waals surface area contributed by atoms with Crippen LogP contribution in [0.4, 0.5) is 4.39 Å². The lowest BCUT2D eigenvalue weighted by Gasteiger charge is -2.11. The fourth-order valence-corrected chi connectivity index (χ4v) is 5.91. The van der Waals surface area contributed by atoms with Gasteiger partial charge in [-0.15, -0.1) is 0 Å². The zero-order valence-corrected chi connectivity index (χ0v) is 23.7. The number of halogens is 1. The van der Waals surface area contributed by atoms with Gasteiger partial charge in [-0.3, -0.25) is 4.57 Å². The molecule has 0 aliphatic carbocycles. The van der Waals surface area contributed by atoms with Gasteiger partial charge in [-0.2, -0.15) is 5.10 Å². The molecule has 5 nitrogen and oxygen atoms in total. The second-order valence-electron chi connectivity index (χ2n) is 10.7. The van der Waals surface area contributed by atoms with Crippen molar-refractivity contribution in [3.05, 3.63) is 132 Å². The minimum atomic E-state index is -0.466. The van der Waals surface area contributed by atoms with Crippen LogP contribution in [0.3, 0.4) is 0 Å². The first-order valence-electron chi connectivity index (χ1n) is 13.9. The normalized spacial score (nSPS) is 11.4. The number of nitrogens with zero attached hydrogens (tertiary/aromatic N) is 4. The fraction of sp³-hybridized carbons (Fsp3) is 0.111. The third-order valence-corrected chi connectivity index (χ3v) is 7.71. The Hall–Kier alpha value is -5.23. The van der Waals surface area contributed by atoms with Crippen LogP contribution in [0.1, 0.15) is 22.3 Å². The predicted molar refractivity (Wildman–Crippen MR) is 167 cm³/mol. The standard InChI is InChI=1S/C36H29FN4O/c1-23-13-14-38-35(15-23)41-33-10-5-4-9-31(33)32-12-11-30(19-34(32)41)42-29-8-6-7-28(18-29)40-22-27(21-39-40)36-24(2)16-26(20-37)17-25(36)3/h4-19,21-22H,20H2,1-3H3. The number of aromatic nitrogens is 4. The summed E-state index contributed by atoms with van der Waals surface area (Å²) in [5.41, 5.74) is 9.00. The van der Waals surface area contributed by atoms with E-state index in [1.54, 1.807) is 0 Å². The van der Waals surface area contributed by atoms with Crippen LogP contribution in [0.15, 0.2) is 110 Å². The number of benzene rings is 4. The van der Waals surface area contributed by atoms with Gasteiger partial charge in [0.05, 0.1) is 22.9 Å². The van der Waals surface area contributed by atoms with Gasteiger partial charge in [0, 0.05) is 40.9 Å². The molecule has 0 fully saturated rings. The van der Waals surface area contributed by atoms with Crippen LogP contribution < -0.4 is 4.74 Å². The number of rotatable bonds is 6. The van der Waals surface area contributed by atoms with E-state index in [0.717, 1.165) is 61.5 Å². The molecule has 0 aliphatic rings. The molecular formula is C36H29FN4O. The smallest absolute Gasteiger partial charge is 0.137 e. The van der Waals surface area contributed by atoms with E-state index in [-0.39, 0.29) is 0 Å². The molecule has 0 spiro atoms. The Balaban J connectivity index is 1.24. The lowest BCUT2D eigenvalue weighted by molar-refractivity contribution is 0.483. The first-order valence-corrected chi connectivity index (χ1v) is 13.9. The monoisotopic (exact) mass is 552 g/mol. The van der Waals surface area contributed by atoms with E-state index >= 15 is 0 Å². The van der Waals surface area contributed by atoms with Crippen LogP contribution in [-0.4, -0.2) is 19.3 Å². The summed E-state index contributed by atoms with van der Waals surface area (Å²) >= 11 is 0. The Morgan fingerprint density at radius 3 is 2.36 bits per heavy atom. The molecule has 0 amide bonds. The molecule has 6 heteroatoms. The SMILES string of the molecule is Cc1ccnc(-n2c3ccccc3c3ccc(Oc4cccc(-n5cc(-c6c(C)cc(CF)cc6C)cn5)c4)cc32)c1. The fourth-order valence-electron chi connectivity index (χ4n) is 5.91. The topological polar surface area (TPSA) is 44.9 Å². The van der Waals surface area contributed by atoms with Crippen molar-refractivity contribution in [2.75, 3.05) is 0 Å². The number of hydrogen-bond acceptors (Lipinski definition) is 3. The Morgan fingerprint density at radius 2 is 1.55 bits per heavy atom. The number of aryl methyl sites for hydroxylation is 3. The highest BCUT2D eigenvalue weighted by atomic mass is 19.1. The number of para-hydroxylation sites is 1. The van der Waals surface area contributed by atoms with Crippen LogP contribution in [0.5, 0.6) is 11.5 Å². The highest BCUT2D eigenvalue weighted by molar-refractivity contribution is 6.09. The molecule has 0 aliphatic heterocycles.